The summed E-state index contributed by atoms with van der Waals surface area (Å²) in [7, 11) is 0. The van der Waals surface area contributed by atoms with Crippen LogP contribution in [0.1, 0.15) is 19.4 Å². The number of hydrogen-bond acceptors (Lipinski definition) is 2. The van der Waals surface area contributed by atoms with Gasteiger partial charge in [-0.3, -0.25) is 10.1 Å². The SMILES string of the molecule is CC.Cc1cc(-c2ccccc2)cc([N+](=O)[O-])c1. The topological polar surface area (TPSA) is 43.1 Å². The van der Waals surface area contributed by atoms with Gasteiger partial charge in [-0.15, -0.1) is 0 Å². The zero-order valence-electron chi connectivity index (χ0n) is 10.9. The van der Waals surface area contributed by atoms with Crippen molar-refractivity contribution in [3.63, 3.8) is 0 Å². The van der Waals surface area contributed by atoms with Crippen molar-refractivity contribution in [2.24, 2.45) is 0 Å². The van der Waals surface area contributed by atoms with Crippen molar-refractivity contribution in [1.82, 2.24) is 0 Å². The third kappa shape index (κ3) is 3.42. The lowest BCUT2D eigenvalue weighted by molar-refractivity contribution is -0.384. The summed E-state index contributed by atoms with van der Waals surface area (Å²) >= 11 is 0. The Morgan fingerprint density at radius 2 is 1.56 bits per heavy atom. The number of nitro benzene ring substituents is 1. The molecule has 0 fully saturated rings. The molecule has 0 unspecified atom stereocenters. The Morgan fingerprint density at radius 1 is 0.944 bits per heavy atom. The molecule has 2 aromatic carbocycles. The first-order chi connectivity index (χ1) is 8.66. The van der Waals surface area contributed by atoms with Crippen molar-refractivity contribution >= 4 is 5.69 Å². The fourth-order valence-electron chi connectivity index (χ4n) is 1.67. The highest BCUT2D eigenvalue weighted by atomic mass is 16.6. The largest absolute Gasteiger partial charge is 0.270 e. The summed E-state index contributed by atoms with van der Waals surface area (Å²) in [6.45, 7) is 5.86. The van der Waals surface area contributed by atoms with Crippen molar-refractivity contribution in [2.45, 2.75) is 20.8 Å². The molecule has 2 rings (SSSR count). The lowest BCUT2D eigenvalue weighted by atomic mass is 10.0. The number of nitro groups is 1. The van der Waals surface area contributed by atoms with E-state index in [1.165, 1.54) is 0 Å². The van der Waals surface area contributed by atoms with E-state index in [9.17, 15) is 10.1 Å². The van der Waals surface area contributed by atoms with E-state index in [0.717, 1.165) is 16.7 Å². The second kappa shape index (κ2) is 6.55. The van der Waals surface area contributed by atoms with E-state index < -0.39 is 0 Å². The van der Waals surface area contributed by atoms with E-state index in [1.807, 2.05) is 57.2 Å². The highest BCUT2D eigenvalue weighted by molar-refractivity contribution is 5.67. The quantitative estimate of drug-likeness (QED) is 0.571. The van der Waals surface area contributed by atoms with Gasteiger partial charge in [0.15, 0.2) is 0 Å². The maximum absolute atomic E-state index is 10.7. The van der Waals surface area contributed by atoms with Gasteiger partial charge in [-0.25, -0.2) is 0 Å². The van der Waals surface area contributed by atoms with Crippen LogP contribution in [0.4, 0.5) is 5.69 Å². The lowest BCUT2D eigenvalue weighted by Gasteiger charge is -2.03. The van der Waals surface area contributed by atoms with Crippen LogP contribution in [0.5, 0.6) is 0 Å². The Morgan fingerprint density at radius 3 is 2.11 bits per heavy atom. The minimum Gasteiger partial charge on any atom is -0.258 e. The smallest absolute Gasteiger partial charge is 0.258 e. The second-order valence-corrected chi connectivity index (χ2v) is 3.68. The van der Waals surface area contributed by atoms with Crippen molar-refractivity contribution in [1.29, 1.82) is 0 Å². The summed E-state index contributed by atoms with van der Waals surface area (Å²) in [6.07, 6.45) is 0. The van der Waals surface area contributed by atoms with Crippen LogP contribution in [0.15, 0.2) is 48.5 Å². The van der Waals surface area contributed by atoms with Crippen LogP contribution in [-0.4, -0.2) is 4.92 Å². The summed E-state index contributed by atoms with van der Waals surface area (Å²) in [6, 6.07) is 14.8. The van der Waals surface area contributed by atoms with E-state index in [1.54, 1.807) is 12.1 Å². The molecule has 0 spiro atoms. The normalized spacial score (nSPS) is 9.28. The first kappa shape index (κ1) is 13.9. The predicted octanol–water partition coefficient (Wildman–Crippen LogP) is 4.60. The van der Waals surface area contributed by atoms with Crippen molar-refractivity contribution in [2.75, 3.05) is 0 Å². The first-order valence-corrected chi connectivity index (χ1v) is 5.98. The monoisotopic (exact) mass is 243 g/mol. The predicted molar refractivity (Wildman–Crippen MR) is 74.6 cm³/mol. The van der Waals surface area contributed by atoms with E-state index in [2.05, 4.69) is 0 Å². The van der Waals surface area contributed by atoms with Gasteiger partial charge in [0.2, 0.25) is 0 Å². The Labute approximate surface area is 107 Å². The van der Waals surface area contributed by atoms with Gasteiger partial charge in [0.05, 0.1) is 4.92 Å². The van der Waals surface area contributed by atoms with Gasteiger partial charge in [-0.2, -0.15) is 0 Å². The number of non-ortho nitro benzene ring substituents is 1. The van der Waals surface area contributed by atoms with Gasteiger partial charge in [0, 0.05) is 12.1 Å². The highest BCUT2D eigenvalue weighted by Gasteiger charge is 2.08. The molecule has 2 aromatic rings. The van der Waals surface area contributed by atoms with Crippen LogP contribution in [0, 0.1) is 17.0 Å². The van der Waals surface area contributed by atoms with Crippen LogP contribution in [0.25, 0.3) is 11.1 Å². The second-order valence-electron chi connectivity index (χ2n) is 3.68. The van der Waals surface area contributed by atoms with Crippen molar-refractivity contribution in [3.8, 4) is 11.1 Å². The molecule has 0 aliphatic rings. The molecule has 0 aliphatic carbocycles. The molecule has 0 N–H and O–H groups in total. The minimum absolute atomic E-state index is 0.138. The average Bonchev–Trinajstić information content (AvgIpc) is 2.41. The lowest BCUT2D eigenvalue weighted by Crippen LogP contribution is -1.90. The van der Waals surface area contributed by atoms with Crippen LogP contribution < -0.4 is 0 Å². The number of rotatable bonds is 2. The van der Waals surface area contributed by atoms with Gasteiger partial charge in [-0.1, -0.05) is 50.2 Å². The van der Waals surface area contributed by atoms with Crippen molar-refractivity contribution < 1.29 is 4.92 Å². The molecule has 0 aliphatic heterocycles. The summed E-state index contributed by atoms with van der Waals surface area (Å²) in [4.78, 5) is 10.4. The Hall–Kier alpha value is -2.16. The fraction of sp³-hybridized carbons (Fsp3) is 0.200. The van der Waals surface area contributed by atoms with Crippen LogP contribution >= 0.6 is 0 Å². The van der Waals surface area contributed by atoms with Crippen molar-refractivity contribution in [3.05, 3.63) is 64.2 Å². The van der Waals surface area contributed by atoms with E-state index in [0.29, 0.717) is 0 Å². The van der Waals surface area contributed by atoms with E-state index in [4.69, 9.17) is 0 Å². The Kier molecular flexibility index (Phi) is 5.06. The molecule has 3 nitrogen and oxygen atoms in total. The Bertz CT molecular complexity index is 521. The van der Waals surface area contributed by atoms with Gasteiger partial charge >= 0.3 is 0 Å². The molecule has 0 bridgehead atoms. The number of benzene rings is 2. The summed E-state index contributed by atoms with van der Waals surface area (Å²) in [5.74, 6) is 0. The maximum Gasteiger partial charge on any atom is 0.270 e. The van der Waals surface area contributed by atoms with Crippen LogP contribution in [0.3, 0.4) is 0 Å². The van der Waals surface area contributed by atoms with E-state index >= 15 is 0 Å². The molecule has 3 heteroatoms. The van der Waals surface area contributed by atoms with Gasteiger partial charge in [0.25, 0.3) is 5.69 Å². The summed E-state index contributed by atoms with van der Waals surface area (Å²) < 4.78 is 0. The third-order valence-electron chi connectivity index (χ3n) is 2.38. The molecule has 0 amide bonds. The molecule has 0 atom stereocenters. The molecule has 0 aromatic heterocycles. The standard InChI is InChI=1S/C13H11NO2.C2H6/c1-10-7-12(9-13(8-10)14(15)16)11-5-3-2-4-6-11;1-2/h2-9H,1H3;1-2H3. The number of nitrogens with zero attached hydrogens (tertiary/aromatic N) is 1. The number of aryl methyl sites for hydroxylation is 1. The Balaban J connectivity index is 0.000000771. The van der Waals surface area contributed by atoms with Crippen LogP contribution in [-0.2, 0) is 0 Å². The zero-order valence-corrected chi connectivity index (χ0v) is 10.9. The van der Waals surface area contributed by atoms with Gasteiger partial charge < -0.3 is 0 Å². The molecule has 0 saturated carbocycles. The molecule has 18 heavy (non-hydrogen) atoms. The molecule has 0 heterocycles. The minimum atomic E-state index is -0.362. The number of hydrogen-bond donors (Lipinski definition) is 0. The summed E-state index contributed by atoms with van der Waals surface area (Å²) in [5, 5.41) is 10.7. The molecule has 94 valence electrons. The fourth-order valence-corrected chi connectivity index (χ4v) is 1.67. The highest BCUT2D eigenvalue weighted by Crippen LogP contribution is 2.25. The molecular formula is C15H17NO2. The molecule has 0 saturated heterocycles. The van der Waals surface area contributed by atoms with Crippen LogP contribution in [0.2, 0.25) is 0 Å². The van der Waals surface area contributed by atoms with Gasteiger partial charge in [0.1, 0.15) is 0 Å². The average molecular weight is 243 g/mol. The summed E-state index contributed by atoms with van der Waals surface area (Å²) in [5.41, 5.74) is 2.91. The molecule has 0 radical (unpaired) electrons. The van der Waals surface area contributed by atoms with E-state index in [-0.39, 0.29) is 10.6 Å². The zero-order chi connectivity index (χ0) is 13.5. The maximum atomic E-state index is 10.7. The first-order valence-electron chi connectivity index (χ1n) is 5.98. The third-order valence-corrected chi connectivity index (χ3v) is 2.38. The van der Waals surface area contributed by atoms with Gasteiger partial charge in [-0.05, 0) is 23.6 Å². The molecular weight excluding hydrogens is 226 g/mol.